The van der Waals surface area contributed by atoms with Gasteiger partial charge < -0.3 is 15.3 Å². The molecule has 1 saturated carbocycles. The number of hydrogen-bond acceptors (Lipinski definition) is 5. The minimum atomic E-state index is -0.795. The van der Waals surface area contributed by atoms with E-state index in [1.807, 2.05) is 20.8 Å². The second-order valence-corrected chi connectivity index (χ2v) is 8.75. The summed E-state index contributed by atoms with van der Waals surface area (Å²) < 4.78 is 0. The Morgan fingerprint density at radius 3 is 2.12 bits per heavy atom. The minimum absolute atomic E-state index is 0.106. The summed E-state index contributed by atoms with van der Waals surface area (Å²) in [4.78, 5) is 25.8. The molecule has 0 saturated heterocycles. The van der Waals surface area contributed by atoms with Crippen molar-refractivity contribution in [3.63, 3.8) is 0 Å². The number of rotatable bonds is 1. The number of carbonyl (C=O) groups excluding carboxylic acids is 2. The molecular weight excluding hydrogens is 320 g/mol. The zero-order valence-corrected chi connectivity index (χ0v) is 15.4. The standard InChI is InChI=1S/C20H26O5/c1-9(2)10-13(21)11-12(16(24)14(10)22)20(5)8-6-7-19(3,4)18(20)17(25)15(11)23/h9,18,21-22,24H,6-8H2,1-5H3/t18?,20-/m1/s1. The fourth-order valence-corrected chi connectivity index (χ4v) is 5.28. The van der Waals surface area contributed by atoms with Crippen LogP contribution in [0.15, 0.2) is 0 Å². The molecular formula is C20H26O5. The summed E-state index contributed by atoms with van der Waals surface area (Å²) in [6.45, 7) is 9.26. The quantitative estimate of drug-likeness (QED) is 0.409. The van der Waals surface area contributed by atoms with Gasteiger partial charge in [-0.1, -0.05) is 41.0 Å². The molecule has 1 aromatic carbocycles. The van der Waals surface area contributed by atoms with Crippen molar-refractivity contribution in [1.82, 2.24) is 0 Å². The highest BCUT2D eigenvalue weighted by Gasteiger charge is 2.59. The summed E-state index contributed by atoms with van der Waals surface area (Å²) in [5.74, 6) is -3.30. The molecule has 136 valence electrons. The van der Waals surface area contributed by atoms with Crippen LogP contribution in [0.4, 0.5) is 0 Å². The number of phenolic OH excluding ortho intramolecular Hbond substituents is 3. The van der Waals surface area contributed by atoms with Gasteiger partial charge in [0.05, 0.1) is 5.56 Å². The molecule has 3 N–H and O–H groups in total. The van der Waals surface area contributed by atoms with Gasteiger partial charge in [0.1, 0.15) is 5.75 Å². The molecule has 0 heterocycles. The van der Waals surface area contributed by atoms with E-state index >= 15 is 0 Å². The molecule has 0 amide bonds. The first-order chi connectivity index (χ1) is 11.4. The number of fused-ring (bicyclic) bond motifs is 3. The Kier molecular flexibility index (Phi) is 3.72. The lowest BCUT2D eigenvalue weighted by Crippen LogP contribution is -2.54. The third-order valence-electron chi connectivity index (χ3n) is 6.26. The van der Waals surface area contributed by atoms with Crippen molar-refractivity contribution in [2.24, 2.45) is 11.3 Å². The Morgan fingerprint density at radius 1 is 0.960 bits per heavy atom. The van der Waals surface area contributed by atoms with Crippen LogP contribution in [0, 0.1) is 11.3 Å². The zero-order chi connectivity index (χ0) is 18.9. The van der Waals surface area contributed by atoms with E-state index in [4.69, 9.17) is 0 Å². The summed E-state index contributed by atoms with van der Waals surface area (Å²) in [6, 6.07) is 0. The van der Waals surface area contributed by atoms with Crippen LogP contribution in [0.1, 0.15) is 81.3 Å². The fraction of sp³-hybridized carbons (Fsp3) is 0.600. The maximum absolute atomic E-state index is 13.0. The molecule has 1 unspecified atom stereocenters. The van der Waals surface area contributed by atoms with Gasteiger partial charge in [-0.3, -0.25) is 9.59 Å². The number of carbonyl (C=O) groups is 2. The van der Waals surface area contributed by atoms with Crippen LogP contribution in [0.3, 0.4) is 0 Å². The van der Waals surface area contributed by atoms with E-state index in [0.29, 0.717) is 6.42 Å². The smallest absolute Gasteiger partial charge is 0.233 e. The zero-order valence-electron chi connectivity index (χ0n) is 15.4. The average Bonchev–Trinajstić information content (AvgIpc) is 2.47. The van der Waals surface area contributed by atoms with E-state index in [9.17, 15) is 24.9 Å². The lowest BCUT2D eigenvalue weighted by molar-refractivity contribution is -0.128. The van der Waals surface area contributed by atoms with Gasteiger partial charge in [-0.15, -0.1) is 0 Å². The molecule has 1 aromatic rings. The number of ketones is 2. The minimum Gasteiger partial charge on any atom is -0.507 e. The van der Waals surface area contributed by atoms with Crippen molar-refractivity contribution in [3.05, 3.63) is 16.7 Å². The monoisotopic (exact) mass is 346 g/mol. The Hall–Kier alpha value is -2.04. The molecule has 1 fully saturated rings. The van der Waals surface area contributed by atoms with Crippen molar-refractivity contribution in [2.45, 2.75) is 65.2 Å². The molecule has 5 nitrogen and oxygen atoms in total. The van der Waals surface area contributed by atoms with Crippen molar-refractivity contribution in [3.8, 4) is 17.2 Å². The Morgan fingerprint density at radius 2 is 1.56 bits per heavy atom. The molecule has 0 aromatic heterocycles. The van der Waals surface area contributed by atoms with E-state index in [1.165, 1.54) is 0 Å². The van der Waals surface area contributed by atoms with Gasteiger partial charge in [-0.05, 0) is 24.2 Å². The van der Waals surface area contributed by atoms with E-state index in [2.05, 4.69) is 0 Å². The van der Waals surface area contributed by atoms with Crippen LogP contribution in [-0.4, -0.2) is 26.9 Å². The molecule has 0 bridgehead atoms. The molecule has 2 aliphatic carbocycles. The number of Topliss-reactive ketones (excluding diaryl/α,β-unsaturated/α-hetero) is 2. The SMILES string of the molecule is CC(C)c1c(O)c(O)c2c(c1O)C(=O)C(=O)C1C(C)(C)CCC[C@]21C. The van der Waals surface area contributed by atoms with Crippen LogP contribution in [0.25, 0.3) is 0 Å². The lowest BCUT2D eigenvalue weighted by atomic mass is 9.49. The van der Waals surface area contributed by atoms with Crippen molar-refractivity contribution < 1.29 is 24.9 Å². The third-order valence-corrected chi connectivity index (χ3v) is 6.26. The van der Waals surface area contributed by atoms with E-state index in [1.54, 1.807) is 13.8 Å². The highest BCUT2D eigenvalue weighted by molar-refractivity contribution is 6.47. The predicted octanol–water partition coefficient (Wildman–Crippen LogP) is 3.78. The van der Waals surface area contributed by atoms with Crippen molar-refractivity contribution in [2.75, 3.05) is 0 Å². The summed E-state index contributed by atoms with van der Waals surface area (Å²) in [5, 5.41) is 31.9. The van der Waals surface area contributed by atoms with Crippen LogP contribution >= 0.6 is 0 Å². The molecule has 5 heteroatoms. The van der Waals surface area contributed by atoms with E-state index in [0.717, 1.165) is 12.8 Å². The lowest BCUT2D eigenvalue weighted by Gasteiger charge is -2.52. The Bertz CT molecular complexity index is 790. The van der Waals surface area contributed by atoms with E-state index in [-0.39, 0.29) is 34.1 Å². The van der Waals surface area contributed by atoms with Gasteiger partial charge in [0.25, 0.3) is 0 Å². The van der Waals surface area contributed by atoms with Crippen LogP contribution in [0.5, 0.6) is 17.2 Å². The first kappa shape index (κ1) is 17.8. The second kappa shape index (κ2) is 5.23. The maximum atomic E-state index is 13.0. The van der Waals surface area contributed by atoms with Crippen molar-refractivity contribution in [1.29, 1.82) is 0 Å². The van der Waals surface area contributed by atoms with Gasteiger partial charge in [0.15, 0.2) is 11.5 Å². The highest BCUT2D eigenvalue weighted by atomic mass is 16.3. The van der Waals surface area contributed by atoms with Crippen LogP contribution < -0.4 is 0 Å². The van der Waals surface area contributed by atoms with Gasteiger partial charge in [-0.2, -0.15) is 0 Å². The molecule has 2 atom stereocenters. The normalized spacial score (nSPS) is 28.0. The second-order valence-electron chi connectivity index (χ2n) is 8.75. The molecule has 3 rings (SSSR count). The Labute approximate surface area is 147 Å². The number of aromatic hydroxyl groups is 3. The molecule has 2 aliphatic rings. The average molecular weight is 346 g/mol. The molecule has 0 spiro atoms. The van der Waals surface area contributed by atoms with Gasteiger partial charge in [0, 0.05) is 22.5 Å². The Balaban J connectivity index is 2.43. The van der Waals surface area contributed by atoms with Gasteiger partial charge in [0.2, 0.25) is 11.6 Å². The van der Waals surface area contributed by atoms with Crippen LogP contribution in [0.2, 0.25) is 0 Å². The van der Waals surface area contributed by atoms with Gasteiger partial charge in [-0.25, -0.2) is 0 Å². The third kappa shape index (κ3) is 2.14. The summed E-state index contributed by atoms with van der Waals surface area (Å²) in [5.41, 5.74) is -0.980. The maximum Gasteiger partial charge on any atom is 0.233 e. The van der Waals surface area contributed by atoms with Crippen molar-refractivity contribution >= 4 is 11.6 Å². The molecule has 0 radical (unpaired) electrons. The number of benzene rings is 1. The fourth-order valence-electron chi connectivity index (χ4n) is 5.28. The molecule has 0 aliphatic heterocycles. The topological polar surface area (TPSA) is 94.8 Å². The summed E-state index contributed by atoms with van der Waals surface area (Å²) >= 11 is 0. The van der Waals surface area contributed by atoms with E-state index < -0.39 is 34.1 Å². The first-order valence-electron chi connectivity index (χ1n) is 8.85. The highest BCUT2D eigenvalue weighted by Crippen LogP contribution is 2.61. The largest absolute Gasteiger partial charge is 0.507 e. The number of phenols is 3. The van der Waals surface area contributed by atoms with Gasteiger partial charge >= 0.3 is 0 Å². The summed E-state index contributed by atoms with van der Waals surface area (Å²) in [6.07, 6.45) is 2.26. The number of hydrogen-bond donors (Lipinski definition) is 3. The molecule has 25 heavy (non-hydrogen) atoms. The summed E-state index contributed by atoms with van der Waals surface area (Å²) in [7, 11) is 0. The first-order valence-corrected chi connectivity index (χ1v) is 8.85. The van der Waals surface area contributed by atoms with Crippen LogP contribution in [-0.2, 0) is 10.2 Å². The predicted molar refractivity (Wildman–Crippen MR) is 93.3 cm³/mol.